The lowest BCUT2D eigenvalue weighted by molar-refractivity contribution is 0.183. The Labute approximate surface area is 182 Å². The van der Waals surface area contributed by atoms with Gasteiger partial charge in [0.25, 0.3) is 5.56 Å². The van der Waals surface area contributed by atoms with Crippen molar-refractivity contribution in [1.82, 2.24) is 9.47 Å². The lowest BCUT2D eigenvalue weighted by atomic mass is 9.94. The number of ether oxygens (including phenoxy) is 1. The first-order valence-corrected chi connectivity index (χ1v) is 11.0. The summed E-state index contributed by atoms with van der Waals surface area (Å²) in [6.07, 6.45) is 4.96. The van der Waals surface area contributed by atoms with Crippen molar-refractivity contribution in [2.75, 3.05) is 19.7 Å². The van der Waals surface area contributed by atoms with Gasteiger partial charge in [0.1, 0.15) is 17.3 Å². The first-order chi connectivity index (χ1) is 15.1. The van der Waals surface area contributed by atoms with Crippen LogP contribution in [0.3, 0.4) is 0 Å². The molecular weight excluding hydrogens is 392 g/mol. The maximum atomic E-state index is 13.7. The molecule has 1 aromatic carbocycles. The second kappa shape index (κ2) is 9.43. The van der Waals surface area contributed by atoms with Crippen molar-refractivity contribution in [3.63, 3.8) is 0 Å². The fourth-order valence-corrected chi connectivity index (χ4v) is 4.43. The molecule has 3 aromatic rings. The fraction of sp³-hybridized carbons (Fsp3) is 0.400. The molecule has 1 saturated heterocycles. The third kappa shape index (κ3) is 4.54. The number of rotatable bonds is 7. The van der Waals surface area contributed by atoms with Crippen LogP contribution in [0.15, 0.2) is 57.9 Å². The molecule has 0 radical (unpaired) electrons. The zero-order valence-electron chi connectivity index (χ0n) is 18.2. The van der Waals surface area contributed by atoms with Crippen molar-refractivity contribution in [2.45, 2.75) is 45.7 Å². The summed E-state index contributed by atoms with van der Waals surface area (Å²) in [6, 6.07) is 12.9. The summed E-state index contributed by atoms with van der Waals surface area (Å²) in [6.45, 7) is 6.51. The lowest BCUT2D eigenvalue weighted by Crippen LogP contribution is -2.38. The Hall–Kier alpha value is -2.99. The van der Waals surface area contributed by atoms with Gasteiger partial charge in [-0.2, -0.15) is 0 Å². The molecule has 2 aromatic heterocycles. The molecule has 3 heterocycles. The molecule has 31 heavy (non-hydrogen) atoms. The number of aryl methyl sites for hydroxylation is 1. The summed E-state index contributed by atoms with van der Waals surface area (Å²) in [4.78, 5) is 16.0. The molecule has 0 aliphatic carbocycles. The van der Waals surface area contributed by atoms with Gasteiger partial charge in [-0.25, -0.2) is 0 Å². The van der Waals surface area contributed by atoms with Gasteiger partial charge in [0.2, 0.25) is 0 Å². The first kappa shape index (κ1) is 21.2. The minimum Gasteiger partial charge on any atom is -0.507 e. The number of piperidine rings is 1. The third-order valence-electron chi connectivity index (χ3n) is 5.95. The Morgan fingerprint density at radius 3 is 2.52 bits per heavy atom. The molecule has 0 saturated carbocycles. The van der Waals surface area contributed by atoms with Crippen molar-refractivity contribution in [2.24, 2.45) is 0 Å². The Balaban J connectivity index is 1.81. The van der Waals surface area contributed by atoms with Gasteiger partial charge in [0.05, 0.1) is 31.0 Å². The number of aromatic hydroxyl groups is 1. The highest BCUT2D eigenvalue weighted by Crippen LogP contribution is 2.35. The van der Waals surface area contributed by atoms with Crippen LogP contribution in [0.25, 0.3) is 0 Å². The van der Waals surface area contributed by atoms with E-state index in [0.29, 0.717) is 30.2 Å². The lowest BCUT2D eigenvalue weighted by Gasteiger charge is -2.35. The summed E-state index contributed by atoms with van der Waals surface area (Å²) in [5.74, 6) is 1.55. The van der Waals surface area contributed by atoms with E-state index in [1.807, 2.05) is 50.2 Å². The van der Waals surface area contributed by atoms with Gasteiger partial charge in [-0.15, -0.1) is 0 Å². The maximum absolute atomic E-state index is 13.7. The van der Waals surface area contributed by atoms with Gasteiger partial charge in [-0.1, -0.05) is 18.6 Å². The molecule has 0 amide bonds. The van der Waals surface area contributed by atoms with E-state index in [1.165, 1.54) is 6.42 Å². The number of hydrogen-bond acceptors (Lipinski definition) is 5. The highest BCUT2D eigenvalue weighted by atomic mass is 16.5. The first-order valence-electron chi connectivity index (χ1n) is 11.0. The minimum atomic E-state index is -0.313. The molecule has 0 bridgehead atoms. The Morgan fingerprint density at radius 2 is 1.87 bits per heavy atom. The predicted octanol–water partition coefficient (Wildman–Crippen LogP) is 4.48. The smallest absolute Gasteiger partial charge is 0.260 e. The largest absolute Gasteiger partial charge is 0.507 e. The minimum absolute atomic E-state index is 0.0441. The highest BCUT2D eigenvalue weighted by molar-refractivity contribution is 5.42. The molecule has 0 spiro atoms. The van der Waals surface area contributed by atoms with Gasteiger partial charge in [-0.05, 0) is 75.7 Å². The van der Waals surface area contributed by atoms with Crippen LogP contribution in [0.2, 0.25) is 0 Å². The molecule has 6 nitrogen and oxygen atoms in total. The van der Waals surface area contributed by atoms with Gasteiger partial charge < -0.3 is 18.8 Å². The maximum Gasteiger partial charge on any atom is 0.260 e. The summed E-state index contributed by atoms with van der Waals surface area (Å²) < 4.78 is 12.7. The molecular formula is C25H30N2O4. The number of pyridine rings is 1. The van der Waals surface area contributed by atoms with Crippen LogP contribution in [0, 0.1) is 6.92 Å². The van der Waals surface area contributed by atoms with Gasteiger partial charge in [0.15, 0.2) is 0 Å². The highest BCUT2D eigenvalue weighted by Gasteiger charge is 2.30. The van der Waals surface area contributed by atoms with Crippen LogP contribution in [-0.4, -0.2) is 34.3 Å². The average Bonchev–Trinajstić information content (AvgIpc) is 3.29. The van der Waals surface area contributed by atoms with E-state index in [0.717, 1.165) is 37.2 Å². The molecule has 4 rings (SSSR count). The monoisotopic (exact) mass is 422 g/mol. The van der Waals surface area contributed by atoms with E-state index in [1.54, 1.807) is 16.9 Å². The molecule has 6 heteroatoms. The van der Waals surface area contributed by atoms with Crippen molar-refractivity contribution >= 4 is 0 Å². The van der Waals surface area contributed by atoms with Crippen LogP contribution in [-0.2, 0) is 6.54 Å². The van der Waals surface area contributed by atoms with Crippen LogP contribution in [0.1, 0.15) is 54.8 Å². The standard InChI is InChI=1S/C25H30N2O4/c1-3-30-20-11-9-19(10-12-20)24(26-13-5-4-6-14-26)23-22(28)16-18(2)27(25(23)29)17-21-8-7-15-31-21/h7-12,15-16,24,28H,3-6,13-14,17H2,1-2H3/t24-/m1/s1. The van der Waals surface area contributed by atoms with E-state index < -0.39 is 0 Å². The summed E-state index contributed by atoms with van der Waals surface area (Å²) in [5.41, 5.74) is 1.92. The number of furan rings is 1. The number of hydrogen-bond donors (Lipinski definition) is 1. The van der Waals surface area contributed by atoms with Crippen molar-refractivity contribution in [3.8, 4) is 11.5 Å². The second-order valence-corrected chi connectivity index (χ2v) is 8.06. The van der Waals surface area contributed by atoms with Crippen molar-refractivity contribution < 1.29 is 14.3 Å². The zero-order chi connectivity index (χ0) is 21.8. The second-order valence-electron chi connectivity index (χ2n) is 8.06. The Bertz CT molecular complexity index is 1050. The van der Waals surface area contributed by atoms with E-state index in [2.05, 4.69) is 4.90 Å². The summed E-state index contributed by atoms with van der Waals surface area (Å²) >= 11 is 0. The van der Waals surface area contributed by atoms with Crippen LogP contribution in [0.4, 0.5) is 0 Å². The molecule has 1 atom stereocenters. The fourth-order valence-electron chi connectivity index (χ4n) is 4.43. The molecule has 0 unspecified atom stereocenters. The van der Waals surface area contributed by atoms with Crippen LogP contribution >= 0.6 is 0 Å². The van der Waals surface area contributed by atoms with Gasteiger partial charge in [0, 0.05) is 5.69 Å². The van der Waals surface area contributed by atoms with E-state index >= 15 is 0 Å². The third-order valence-corrected chi connectivity index (χ3v) is 5.95. The molecule has 1 aliphatic heterocycles. The molecule has 1 N–H and O–H groups in total. The van der Waals surface area contributed by atoms with Crippen LogP contribution in [0.5, 0.6) is 11.5 Å². The number of nitrogens with zero attached hydrogens (tertiary/aromatic N) is 2. The van der Waals surface area contributed by atoms with E-state index in [-0.39, 0.29) is 17.4 Å². The normalized spacial score (nSPS) is 15.7. The van der Waals surface area contributed by atoms with Crippen molar-refractivity contribution in [1.29, 1.82) is 0 Å². The summed E-state index contributed by atoms with van der Waals surface area (Å²) in [7, 11) is 0. The Kier molecular flexibility index (Phi) is 6.47. The predicted molar refractivity (Wildman–Crippen MR) is 120 cm³/mol. The van der Waals surface area contributed by atoms with Gasteiger partial charge >= 0.3 is 0 Å². The topological polar surface area (TPSA) is 67.8 Å². The zero-order valence-corrected chi connectivity index (χ0v) is 18.2. The number of benzene rings is 1. The summed E-state index contributed by atoms with van der Waals surface area (Å²) in [5, 5.41) is 10.9. The Morgan fingerprint density at radius 1 is 1.13 bits per heavy atom. The molecule has 164 valence electrons. The molecule has 1 aliphatic rings. The number of likely N-dealkylation sites (tertiary alicyclic amines) is 1. The van der Waals surface area contributed by atoms with E-state index in [9.17, 15) is 9.90 Å². The number of aromatic nitrogens is 1. The SMILES string of the molecule is CCOc1ccc([C@H](c2c(O)cc(C)n(Cc3ccco3)c2=O)N2CCCCC2)cc1. The van der Waals surface area contributed by atoms with E-state index in [4.69, 9.17) is 9.15 Å². The quantitative estimate of drug-likeness (QED) is 0.608. The average molecular weight is 423 g/mol. The van der Waals surface area contributed by atoms with Crippen molar-refractivity contribution in [3.05, 3.63) is 81.7 Å². The van der Waals surface area contributed by atoms with Gasteiger partial charge in [-0.3, -0.25) is 9.69 Å². The van der Waals surface area contributed by atoms with Crippen LogP contribution < -0.4 is 10.3 Å². The molecule has 1 fully saturated rings.